The molecule has 0 bridgehead atoms. The smallest absolute Gasteiger partial charge is 0.326 e. The second-order valence-electron chi connectivity index (χ2n) is 8.23. The summed E-state index contributed by atoms with van der Waals surface area (Å²) in [4.78, 5) is 21.7. The van der Waals surface area contributed by atoms with Crippen molar-refractivity contribution in [3.05, 3.63) is 70.7 Å². The molecule has 0 atom stereocenters. The zero-order chi connectivity index (χ0) is 23.4. The lowest BCUT2D eigenvalue weighted by Crippen LogP contribution is -2.43. The standard InChI is InChI=1S/C24H25F3N4OS/c1-30-8-10-31(11-9-30)15-17-4-2-5-18(12-17)23-29-21(16-33-23)14-22(32)28-20-7-3-6-19(13-20)24(25,26)27/h2-7,12-13,16H,8-11,14-15H2,1H3,(H,28,32). The number of thiazole rings is 1. The van der Waals surface area contributed by atoms with Crippen LogP contribution in [0.4, 0.5) is 18.9 Å². The summed E-state index contributed by atoms with van der Waals surface area (Å²) >= 11 is 1.45. The molecule has 1 aromatic heterocycles. The number of halogens is 3. The van der Waals surface area contributed by atoms with Gasteiger partial charge in [0.05, 0.1) is 17.7 Å². The predicted octanol–water partition coefficient (Wildman–Crippen LogP) is 4.76. The topological polar surface area (TPSA) is 48.5 Å². The van der Waals surface area contributed by atoms with Crippen molar-refractivity contribution in [3.8, 4) is 10.6 Å². The van der Waals surface area contributed by atoms with Gasteiger partial charge in [-0.25, -0.2) is 4.98 Å². The molecule has 1 aliphatic rings. The molecule has 0 aliphatic carbocycles. The fraction of sp³-hybridized carbons (Fsp3) is 0.333. The van der Waals surface area contributed by atoms with Crippen LogP contribution < -0.4 is 5.32 Å². The molecule has 1 amide bonds. The number of benzene rings is 2. The molecule has 2 heterocycles. The molecule has 174 valence electrons. The van der Waals surface area contributed by atoms with Crippen molar-refractivity contribution in [1.82, 2.24) is 14.8 Å². The summed E-state index contributed by atoms with van der Waals surface area (Å²) in [6, 6.07) is 12.9. The number of alkyl halides is 3. The number of rotatable bonds is 6. The molecular formula is C24H25F3N4OS. The summed E-state index contributed by atoms with van der Waals surface area (Å²) in [5.74, 6) is -0.407. The summed E-state index contributed by atoms with van der Waals surface area (Å²) in [7, 11) is 2.14. The normalized spacial score (nSPS) is 15.5. The first-order valence-corrected chi connectivity index (χ1v) is 11.6. The van der Waals surface area contributed by atoms with Gasteiger partial charge in [-0.1, -0.05) is 24.3 Å². The van der Waals surface area contributed by atoms with Crippen molar-refractivity contribution in [2.45, 2.75) is 19.1 Å². The zero-order valence-electron chi connectivity index (χ0n) is 18.2. The van der Waals surface area contributed by atoms with Crippen molar-refractivity contribution in [2.75, 3.05) is 38.5 Å². The van der Waals surface area contributed by atoms with Gasteiger partial charge >= 0.3 is 6.18 Å². The Kier molecular flexibility index (Phi) is 7.11. The van der Waals surface area contributed by atoms with Crippen LogP contribution >= 0.6 is 11.3 Å². The summed E-state index contributed by atoms with van der Waals surface area (Å²) in [6.07, 6.45) is -4.46. The molecule has 3 aromatic rings. The number of nitrogens with zero attached hydrogens (tertiary/aromatic N) is 3. The van der Waals surface area contributed by atoms with Crippen LogP contribution in [0.15, 0.2) is 53.9 Å². The largest absolute Gasteiger partial charge is 0.416 e. The quantitative estimate of drug-likeness (QED) is 0.560. The molecule has 4 rings (SSSR count). The molecule has 2 aromatic carbocycles. The van der Waals surface area contributed by atoms with E-state index in [9.17, 15) is 18.0 Å². The van der Waals surface area contributed by atoms with E-state index < -0.39 is 17.6 Å². The first kappa shape index (κ1) is 23.4. The van der Waals surface area contributed by atoms with E-state index in [1.807, 2.05) is 17.5 Å². The second kappa shape index (κ2) is 10.0. The van der Waals surface area contributed by atoms with Gasteiger partial charge in [-0.3, -0.25) is 9.69 Å². The van der Waals surface area contributed by atoms with Crippen LogP contribution in [0.5, 0.6) is 0 Å². The van der Waals surface area contributed by atoms with Crippen LogP contribution in [-0.2, 0) is 23.9 Å². The van der Waals surface area contributed by atoms with Crippen molar-refractivity contribution >= 4 is 22.9 Å². The van der Waals surface area contributed by atoms with Gasteiger partial charge in [0.1, 0.15) is 5.01 Å². The Morgan fingerprint density at radius 3 is 2.61 bits per heavy atom. The predicted molar refractivity (Wildman–Crippen MR) is 124 cm³/mol. The maximum atomic E-state index is 12.9. The third kappa shape index (κ3) is 6.40. The minimum absolute atomic E-state index is 0.00622. The Morgan fingerprint density at radius 2 is 1.85 bits per heavy atom. The number of carbonyl (C=O) groups is 1. The van der Waals surface area contributed by atoms with E-state index in [2.05, 4.69) is 39.3 Å². The number of anilines is 1. The van der Waals surface area contributed by atoms with Crippen molar-refractivity contribution in [3.63, 3.8) is 0 Å². The van der Waals surface area contributed by atoms with Crippen LogP contribution in [0.2, 0.25) is 0 Å². The molecule has 0 unspecified atom stereocenters. The number of nitrogens with one attached hydrogen (secondary N) is 1. The number of aromatic nitrogens is 1. The molecule has 0 saturated carbocycles. The molecule has 33 heavy (non-hydrogen) atoms. The van der Waals surface area contributed by atoms with E-state index in [0.29, 0.717) is 5.69 Å². The van der Waals surface area contributed by atoms with Gasteiger partial charge in [0.2, 0.25) is 5.91 Å². The van der Waals surface area contributed by atoms with Gasteiger partial charge in [0, 0.05) is 49.4 Å². The monoisotopic (exact) mass is 474 g/mol. The third-order valence-corrected chi connectivity index (χ3v) is 6.48. The van der Waals surface area contributed by atoms with Gasteiger partial charge in [0.15, 0.2) is 0 Å². The molecule has 0 spiro atoms. The van der Waals surface area contributed by atoms with Crippen molar-refractivity contribution in [2.24, 2.45) is 0 Å². The Hall–Kier alpha value is -2.75. The van der Waals surface area contributed by atoms with E-state index in [1.165, 1.54) is 29.0 Å². The van der Waals surface area contributed by atoms with E-state index in [0.717, 1.165) is 55.4 Å². The van der Waals surface area contributed by atoms with Gasteiger partial charge in [0.25, 0.3) is 0 Å². The number of carbonyl (C=O) groups excluding carboxylic acids is 1. The summed E-state index contributed by atoms with van der Waals surface area (Å²) in [5, 5.41) is 5.16. The summed E-state index contributed by atoms with van der Waals surface area (Å²) < 4.78 is 38.6. The number of amides is 1. The number of hydrogen-bond donors (Lipinski definition) is 1. The SMILES string of the molecule is CN1CCN(Cc2cccc(-c3nc(CC(=O)Nc4cccc(C(F)(F)F)c4)cs3)c2)CC1. The van der Waals surface area contributed by atoms with E-state index in [4.69, 9.17) is 0 Å². The maximum absolute atomic E-state index is 12.9. The number of piperazine rings is 1. The Balaban J connectivity index is 1.37. The Bertz CT molecular complexity index is 1110. The molecule has 9 heteroatoms. The van der Waals surface area contributed by atoms with Crippen LogP contribution in [0.3, 0.4) is 0 Å². The molecule has 5 nitrogen and oxygen atoms in total. The Labute approximate surface area is 194 Å². The van der Waals surface area contributed by atoms with E-state index in [1.54, 1.807) is 0 Å². The number of likely N-dealkylation sites (N-methyl/N-ethyl adjacent to an activating group) is 1. The molecule has 1 N–H and O–H groups in total. The third-order valence-electron chi connectivity index (χ3n) is 5.54. The van der Waals surface area contributed by atoms with Gasteiger partial charge in [-0.2, -0.15) is 13.2 Å². The highest BCUT2D eigenvalue weighted by Gasteiger charge is 2.30. The average Bonchev–Trinajstić information content (AvgIpc) is 3.23. The fourth-order valence-electron chi connectivity index (χ4n) is 3.73. The Morgan fingerprint density at radius 1 is 1.09 bits per heavy atom. The van der Waals surface area contributed by atoms with E-state index in [-0.39, 0.29) is 12.1 Å². The van der Waals surface area contributed by atoms with Crippen LogP contribution in [-0.4, -0.2) is 53.9 Å². The van der Waals surface area contributed by atoms with Crippen LogP contribution in [0.1, 0.15) is 16.8 Å². The van der Waals surface area contributed by atoms with E-state index >= 15 is 0 Å². The number of hydrogen-bond acceptors (Lipinski definition) is 5. The van der Waals surface area contributed by atoms with Crippen molar-refractivity contribution < 1.29 is 18.0 Å². The molecule has 0 radical (unpaired) electrons. The maximum Gasteiger partial charge on any atom is 0.416 e. The lowest BCUT2D eigenvalue weighted by Gasteiger charge is -2.32. The highest BCUT2D eigenvalue weighted by molar-refractivity contribution is 7.13. The van der Waals surface area contributed by atoms with Crippen molar-refractivity contribution in [1.29, 1.82) is 0 Å². The average molecular weight is 475 g/mol. The van der Waals surface area contributed by atoms with Gasteiger partial charge < -0.3 is 10.2 Å². The minimum Gasteiger partial charge on any atom is -0.326 e. The molecule has 1 fully saturated rings. The highest BCUT2D eigenvalue weighted by atomic mass is 32.1. The second-order valence-corrected chi connectivity index (χ2v) is 9.09. The van der Waals surface area contributed by atoms with Gasteiger partial charge in [-0.15, -0.1) is 11.3 Å². The lowest BCUT2D eigenvalue weighted by molar-refractivity contribution is -0.137. The highest BCUT2D eigenvalue weighted by Crippen LogP contribution is 2.31. The summed E-state index contributed by atoms with van der Waals surface area (Å²) in [6.45, 7) is 5.11. The fourth-order valence-corrected chi connectivity index (χ4v) is 4.55. The zero-order valence-corrected chi connectivity index (χ0v) is 19.0. The van der Waals surface area contributed by atoms with Gasteiger partial charge in [-0.05, 0) is 36.9 Å². The van der Waals surface area contributed by atoms with Crippen LogP contribution in [0.25, 0.3) is 10.6 Å². The lowest BCUT2D eigenvalue weighted by atomic mass is 10.1. The van der Waals surface area contributed by atoms with Crippen LogP contribution in [0, 0.1) is 0 Å². The molecule has 1 aliphatic heterocycles. The molecule has 1 saturated heterocycles. The first-order chi connectivity index (χ1) is 15.8. The minimum atomic E-state index is -4.45. The molecular weight excluding hydrogens is 449 g/mol. The first-order valence-electron chi connectivity index (χ1n) is 10.7. The summed E-state index contributed by atoms with van der Waals surface area (Å²) in [5.41, 5.74) is 2.12.